The van der Waals surface area contributed by atoms with Crippen LogP contribution in [0, 0.1) is 11.3 Å². The Labute approximate surface area is 241 Å². The molecule has 2 aliphatic heterocycles. The molecule has 0 aliphatic carbocycles. The second kappa shape index (κ2) is 15.2. The van der Waals surface area contributed by atoms with Crippen LogP contribution in [0.3, 0.4) is 0 Å². The highest BCUT2D eigenvalue weighted by Crippen LogP contribution is 2.29. The van der Waals surface area contributed by atoms with E-state index in [2.05, 4.69) is 0 Å². The lowest BCUT2D eigenvalue weighted by Gasteiger charge is -2.30. The summed E-state index contributed by atoms with van der Waals surface area (Å²) in [7, 11) is 1.53. The first-order valence-electron chi connectivity index (χ1n) is 14.3. The fourth-order valence-electron chi connectivity index (χ4n) is 4.08. The molecule has 0 aromatic rings. The molecule has 0 saturated carbocycles. The molecule has 40 heavy (non-hydrogen) atoms. The Bertz CT molecular complexity index is 930. The first kappa shape index (κ1) is 35.2. The minimum atomic E-state index is -0.760. The third-order valence-electron chi connectivity index (χ3n) is 5.50. The zero-order valence-corrected chi connectivity index (χ0v) is 26.5. The van der Waals surface area contributed by atoms with Crippen molar-refractivity contribution in [3.63, 3.8) is 0 Å². The monoisotopic (exact) mass is 570 g/mol. The minimum Gasteiger partial charge on any atom is -0.458 e. The fourth-order valence-corrected chi connectivity index (χ4v) is 4.08. The molecule has 11 heteroatoms. The molecule has 230 valence electrons. The molecule has 2 amide bonds. The average molecular weight is 571 g/mol. The van der Waals surface area contributed by atoms with Crippen LogP contribution in [-0.4, -0.2) is 82.0 Å². The number of esters is 1. The van der Waals surface area contributed by atoms with Gasteiger partial charge in [0.25, 0.3) is 0 Å². The lowest BCUT2D eigenvalue weighted by Crippen LogP contribution is -2.48. The van der Waals surface area contributed by atoms with Gasteiger partial charge in [-0.1, -0.05) is 13.8 Å². The van der Waals surface area contributed by atoms with Crippen LogP contribution >= 0.6 is 0 Å². The molecule has 0 spiro atoms. The maximum Gasteiger partial charge on any atom is 0.412 e. The molecule has 0 aromatic heterocycles. The molecule has 2 aliphatic rings. The van der Waals surface area contributed by atoms with Crippen molar-refractivity contribution in [2.24, 2.45) is 0 Å². The lowest BCUT2D eigenvalue weighted by molar-refractivity contribution is -0.160. The van der Waals surface area contributed by atoms with Gasteiger partial charge >= 0.3 is 18.2 Å². The highest BCUT2D eigenvalue weighted by atomic mass is 16.6. The van der Waals surface area contributed by atoms with E-state index >= 15 is 0 Å². The first-order chi connectivity index (χ1) is 18.6. The Morgan fingerprint density at radius 2 is 1.20 bits per heavy atom. The molecule has 0 bridgehead atoms. The van der Waals surface area contributed by atoms with Crippen LogP contribution in [0.4, 0.5) is 9.59 Å². The van der Waals surface area contributed by atoms with Gasteiger partial charge in [-0.05, 0) is 94.9 Å². The molecular formula is C29H51N3O8. The fraction of sp³-hybridized carbons (Fsp3) is 0.828. The Morgan fingerprint density at radius 1 is 0.775 bits per heavy atom. The van der Waals surface area contributed by atoms with Gasteiger partial charge in [0.05, 0.1) is 12.1 Å². The van der Waals surface area contributed by atoms with E-state index in [1.165, 1.54) is 23.8 Å². The highest BCUT2D eigenvalue weighted by molar-refractivity contribution is 5.86. The second-order valence-corrected chi connectivity index (χ2v) is 12.4. The quantitative estimate of drug-likeness (QED) is 0.314. The molecule has 2 heterocycles. The van der Waals surface area contributed by atoms with Gasteiger partial charge < -0.3 is 18.9 Å². The summed E-state index contributed by atoms with van der Waals surface area (Å²) in [5, 5.41) is 9.16. The van der Waals surface area contributed by atoms with Gasteiger partial charge in [0.2, 0.25) is 0 Å². The topological polar surface area (TPSA) is 135 Å². The van der Waals surface area contributed by atoms with Crippen molar-refractivity contribution in [3.05, 3.63) is 0 Å². The van der Waals surface area contributed by atoms with Gasteiger partial charge in [0.15, 0.2) is 5.78 Å². The third-order valence-corrected chi connectivity index (χ3v) is 5.50. The molecule has 0 aromatic carbocycles. The predicted octanol–water partition coefficient (Wildman–Crippen LogP) is 5.59. The van der Waals surface area contributed by atoms with Crippen LogP contribution in [0.25, 0.3) is 0 Å². The maximum absolute atomic E-state index is 12.3. The van der Waals surface area contributed by atoms with E-state index < -0.39 is 53.1 Å². The average Bonchev–Trinajstić information content (AvgIpc) is 3.41. The van der Waals surface area contributed by atoms with Crippen LogP contribution in [0.2, 0.25) is 0 Å². The van der Waals surface area contributed by atoms with E-state index in [0.717, 1.165) is 0 Å². The Morgan fingerprint density at radius 3 is 1.57 bits per heavy atom. The van der Waals surface area contributed by atoms with Crippen molar-refractivity contribution < 1.29 is 39.5 Å². The second-order valence-electron chi connectivity index (χ2n) is 12.4. The van der Waals surface area contributed by atoms with E-state index in [1.54, 1.807) is 69.2 Å². The number of amides is 2. The van der Waals surface area contributed by atoms with Gasteiger partial charge in [-0.15, -0.1) is 0 Å². The van der Waals surface area contributed by atoms with Crippen molar-refractivity contribution in [2.75, 3.05) is 7.11 Å². The van der Waals surface area contributed by atoms with E-state index in [-0.39, 0.29) is 12.0 Å². The van der Waals surface area contributed by atoms with Crippen LogP contribution in [-0.2, 0) is 28.5 Å². The number of ether oxygens (including phenoxy) is 4. The normalized spacial score (nSPS) is 22.9. The lowest BCUT2D eigenvalue weighted by atomic mass is 10.1. The van der Waals surface area contributed by atoms with Gasteiger partial charge in [-0.3, -0.25) is 14.6 Å². The Hall–Kier alpha value is -2.87. The van der Waals surface area contributed by atoms with Crippen molar-refractivity contribution >= 4 is 23.9 Å². The molecule has 2 rings (SSSR count). The van der Waals surface area contributed by atoms with Gasteiger partial charge in [0.1, 0.15) is 35.1 Å². The van der Waals surface area contributed by atoms with Crippen LogP contribution in [0.15, 0.2) is 0 Å². The molecule has 0 N–H and O–H groups in total. The summed E-state index contributed by atoms with van der Waals surface area (Å²) in [6.07, 6.45) is 0.655. The smallest absolute Gasteiger partial charge is 0.412 e. The number of nitriles is 1. The van der Waals surface area contributed by atoms with Crippen LogP contribution in [0.1, 0.15) is 110 Å². The zero-order valence-electron chi connectivity index (χ0n) is 27.5. The number of likely N-dealkylation sites (tertiary alicyclic amines) is 2. The standard InChI is InChI=1S/C15H24N2O4.C12H21NO4.C2H6/c1-14(2,3)20-12(18)11-8-7-10(9-16)17(11)13(19)21-15(4,5)6;1-8(14)9-6-7-10(16-5)13(9)11(15)17-12(2,3)4;1-2/h10-11H,7-8H2,1-6H3;9-10H,6-7H2,1-5H3;1-2H3/t10?,11-;9-,10?;/m00./s1/i;;1D. The molecule has 2 unspecified atom stereocenters. The van der Waals surface area contributed by atoms with Crippen molar-refractivity contribution in [2.45, 2.75) is 150 Å². The number of carbonyl (C=O) groups is 4. The van der Waals surface area contributed by atoms with Gasteiger partial charge in [0, 0.05) is 8.48 Å². The number of Topliss-reactive ketones (excluding diaryl/α,β-unsaturated/α-hetero) is 1. The predicted molar refractivity (Wildman–Crippen MR) is 150 cm³/mol. The summed E-state index contributed by atoms with van der Waals surface area (Å²) in [4.78, 5) is 50.6. The molecule has 4 atom stereocenters. The summed E-state index contributed by atoms with van der Waals surface area (Å²) in [6, 6.07) is 0.209. The number of hydrogen-bond donors (Lipinski definition) is 0. The Balaban J connectivity index is 0.000000724. The van der Waals surface area contributed by atoms with Crippen LogP contribution in [0.5, 0.6) is 0 Å². The molecular weight excluding hydrogens is 518 g/mol. The van der Waals surface area contributed by atoms with Crippen LogP contribution < -0.4 is 0 Å². The number of rotatable bonds is 3. The SMILES string of the molecule is CC(C)(C)OC(=O)[C@@H]1CCC(C#N)N1C(=O)OC(C)(C)C.COC1CC[C@@H](C(C)=O)N1C(=O)OC(C)(C)C.[2H]CC. The number of methoxy groups -OCH3 is 1. The van der Waals surface area contributed by atoms with Crippen molar-refractivity contribution in [3.8, 4) is 6.07 Å². The molecule has 2 fully saturated rings. The van der Waals surface area contributed by atoms with E-state index in [1.807, 2.05) is 6.07 Å². The number of ketones is 1. The van der Waals surface area contributed by atoms with Crippen molar-refractivity contribution in [1.29, 1.82) is 5.26 Å². The third kappa shape index (κ3) is 12.1. The number of hydrogen-bond acceptors (Lipinski definition) is 9. The van der Waals surface area contributed by atoms with Gasteiger partial charge in [-0.25, -0.2) is 14.4 Å². The maximum atomic E-state index is 12.3. The van der Waals surface area contributed by atoms with E-state index in [4.69, 9.17) is 25.6 Å². The summed E-state index contributed by atoms with van der Waals surface area (Å²) >= 11 is 0. The molecule has 11 nitrogen and oxygen atoms in total. The largest absolute Gasteiger partial charge is 0.458 e. The number of nitrogens with zero attached hydrogens (tertiary/aromatic N) is 3. The van der Waals surface area contributed by atoms with E-state index in [0.29, 0.717) is 32.6 Å². The molecule has 0 radical (unpaired) electrons. The van der Waals surface area contributed by atoms with Crippen molar-refractivity contribution in [1.82, 2.24) is 9.80 Å². The first-order valence-corrected chi connectivity index (χ1v) is 13.6. The summed E-state index contributed by atoms with van der Waals surface area (Å²) < 4.78 is 27.3. The van der Waals surface area contributed by atoms with E-state index in [9.17, 15) is 19.2 Å². The molecule has 2 saturated heterocycles. The highest BCUT2D eigenvalue weighted by Gasteiger charge is 2.45. The summed E-state index contributed by atoms with van der Waals surface area (Å²) in [5.74, 6) is -0.526. The van der Waals surface area contributed by atoms with Gasteiger partial charge in [-0.2, -0.15) is 5.26 Å². The Kier molecular flexibility index (Phi) is 13.4. The summed E-state index contributed by atoms with van der Waals surface area (Å²) in [6.45, 7) is 19.7. The minimum absolute atomic E-state index is 0.0320. The zero-order chi connectivity index (χ0) is 32.3. The summed E-state index contributed by atoms with van der Waals surface area (Å²) in [5.41, 5.74) is -1.89. The number of carbonyl (C=O) groups excluding carboxylic acids is 4.